The first-order chi connectivity index (χ1) is 3.79. The maximum atomic E-state index is 3.03. The van der Waals surface area contributed by atoms with Crippen LogP contribution in [0.2, 0.25) is 0 Å². The molecule has 0 aliphatic carbocycles. The van der Waals surface area contributed by atoms with Crippen molar-refractivity contribution in [1.29, 1.82) is 0 Å². The van der Waals surface area contributed by atoms with Gasteiger partial charge in [-0.15, -0.1) is 0 Å². The molecule has 0 aliphatic heterocycles. The fraction of sp³-hybridized carbons (Fsp3) is 0.250. The molecule has 0 atom stereocenters. The van der Waals surface area contributed by atoms with Crippen molar-refractivity contribution in [2.75, 3.05) is 0 Å². The maximum absolute atomic E-state index is 3.03. The fourth-order valence-corrected chi connectivity index (χ4v) is 0.747. The third-order valence-electron chi connectivity index (χ3n) is 1.08. The van der Waals surface area contributed by atoms with Gasteiger partial charge in [-0.25, -0.2) is 0 Å². The van der Waals surface area contributed by atoms with Crippen LogP contribution < -0.4 is 12.4 Å². The van der Waals surface area contributed by atoms with Gasteiger partial charge in [0.2, 0.25) is 0 Å². The van der Waals surface area contributed by atoms with Crippen molar-refractivity contribution in [2.24, 2.45) is 0 Å². The van der Waals surface area contributed by atoms with Crippen LogP contribution in [0.4, 0.5) is 0 Å². The Morgan fingerprint density at radius 3 is 1.70 bits per heavy atom. The molecule has 0 saturated carbocycles. The van der Waals surface area contributed by atoms with E-state index in [1.165, 1.54) is 11.1 Å². The minimum atomic E-state index is 0. The molecular formula is C8H9ClMg. The molecule has 0 N–H and O–H groups in total. The van der Waals surface area contributed by atoms with E-state index in [0.29, 0.717) is 0 Å². The van der Waals surface area contributed by atoms with Crippen LogP contribution in [-0.4, -0.2) is 23.1 Å². The first-order valence-corrected chi connectivity index (χ1v) is 2.73. The standard InChI is InChI=1S/C8H9.ClH.Mg/c1-7-4-3-5-8(2)6-7;;/h4-6H,1-2H3;1H;/q-1;;+2/p-1. The monoisotopic (exact) mass is 164 g/mol. The van der Waals surface area contributed by atoms with E-state index in [-0.39, 0.29) is 35.5 Å². The molecule has 1 rings (SSSR count). The average Bonchev–Trinajstić information content (AvgIpc) is 1.64. The van der Waals surface area contributed by atoms with E-state index >= 15 is 0 Å². The third-order valence-corrected chi connectivity index (χ3v) is 1.08. The predicted molar refractivity (Wildman–Crippen MR) is 40.5 cm³/mol. The zero-order valence-corrected chi connectivity index (χ0v) is 8.49. The van der Waals surface area contributed by atoms with E-state index in [2.05, 4.69) is 26.0 Å². The second kappa shape index (κ2) is 6.02. The second-order valence-corrected chi connectivity index (χ2v) is 2.09. The fourth-order valence-electron chi connectivity index (χ4n) is 0.747. The summed E-state index contributed by atoms with van der Waals surface area (Å²) in [5.41, 5.74) is 2.56. The Kier molecular flexibility index (Phi) is 7.77. The van der Waals surface area contributed by atoms with Crippen LogP contribution in [0, 0.1) is 19.9 Å². The van der Waals surface area contributed by atoms with E-state index < -0.39 is 0 Å². The van der Waals surface area contributed by atoms with E-state index in [1.807, 2.05) is 12.1 Å². The molecule has 0 aliphatic rings. The molecule has 1 aromatic carbocycles. The minimum Gasteiger partial charge on any atom is -1.00 e. The van der Waals surface area contributed by atoms with Crippen molar-refractivity contribution in [3.05, 3.63) is 35.4 Å². The summed E-state index contributed by atoms with van der Waals surface area (Å²) in [4.78, 5) is 0. The van der Waals surface area contributed by atoms with E-state index in [9.17, 15) is 0 Å². The Morgan fingerprint density at radius 2 is 1.50 bits per heavy atom. The van der Waals surface area contributed by atoms with Gasteiger partial charge in [-0.2, -0.15) is 35.4 Å². The molecule has 0 spiro atoms. The SMILES string of the molecule is Cc1c[c-]cc(C)c1.[Cl-].[Mg+2]. The molecule has 0 nitrogen and oxygen atoms in total. The number of aryl methyl sites for hydroxylation is 2. The molecule has 0 radical (unpaired) electrons. The van der Waals surface area contributed by atoms with Gasteiger partial charge in [0.15, 0.2) is 0 Å². The van der Waals surface area contributed by atoms with Crippen molar-refractivity contribution in [1.82, 2.24) is 0 Å². The normalized spacial score (nSPS) is 7.40. The molecule has 1 aromatic rings. The average molecular weight is 165 g/mol. The molecule has 10 heavy (non-hydrogen) atoms. The van der Waals surface area contributed by atoms with Crippen molar-refractivity contribution in [3.63, 3.8) is 0 Å². The van der Waals surface area contributed by atoms with Gasteiger partial charge in [-0.3, -0.25) is 0 Å². The number of hydrogen-bond acceptors (Lipinski definition) is 0. The summed E-state index contributed by atoms with van der Waals surface area (Å²) in [5, 5.41) is 0. The number of halogens is 1. The second-order valence-electron chi connectivity index (χ2n) is 2.09. The smallest absolute Gasteiger partial charge is 1.00 e. The summed E-state index contributed by atoms with van der Waals surface area (Å²) < 4.78 is 0. The molecular weight excluding hydrogens is 156 g/mol. The topological polar surface area (TPSA) is 0 Å². The van der Waals surface area contributed by atoms with Crippen LogP contribution in [0.1, 0.15) is 11.1 Å². The molecule has 0 saturated heterocycles. The minimum absolute atomic E-state index is 0. The van der Waals surface area contributed by atoms with Crippen LogP contribution >= 0.6 is 0 Å². The van der Waals surface area contributed by atoms with Crippen LogP contribution in [0.15, 0.2) is 18.2 Å². The van der Waals surface area contributed by atoms with E-state index in [0.717, 1.165) is 0 Å². The molecule has 0 unspecified atom stereocenters. The van der Waals surface area contributed by atoms with Crippen LogP contribution in [-0.2, 0) is 0 Å². The molecule has 0 fully saturated rings. The van der Waals surface area contributed by atoms with Crippen LogP contribution in [0.5, 0.6) is 0 Å². The Hall–Kier alpha value is 0.276. The molecule has 0 aromatic heterocycles. The summed E-state index contributed by atoms with van der Waals surface area (Å²) in [6.45, 7) is 4.15. The zero-order chi connectivity index (χ0) is 5.98. The molecule has 0 bridgehead atoms. The first-order valence-electron chi connectivity index (χ1n) is 2.73. The van der Waals surface area contributed by atoms with Crippen molar-refractivity contribution in [2.45, 2.75) is 13.8 Å². The van der Waals surface area contributed by atoms with Crippen LogP contribution in [0.25, 0.3) is 0 Å². The van der Waals surface area contributed by atoms with Gasteiger partial charge in [0, 0.05) is 0 Å². The van der Waals surface area contributed by atoms with E-state index in [4.69, 9.17) is 0 Å². The Morgan fingerprint density at radius 1 is 1.10 bits per heavy atom. The maximum Gasteiger partial charge on any atom is 2.00 e. The summed E-state index contributed by atoms with van der Waals surface area (Å²) in [7, 11) is 0. The van der Waals surface area contributed by atoms with Crippen LogP contribution in [0.3, 0.4) is 0 Å². The number of hydrogen-bond donors (Lipinski definition) is 0. The summed E-state index contributed by atoms with van der Waals surface area (Å²) >= 11 is 0. The first kappa shape index (κ1) is 12.9. The largest absolute Gasteiger partial charge is 2.00 e. The molecule has 50 valence electrons. The summed E-state index contributed by atoms with van der Waals surface area (Å²) in [5.74, 6) is 0. The zero-order valence-electron chi connectivity index (χ0n) is 6.32. The van der Waals surface area contributed by atoms with Crippen molar-refractivity contribution in [3.8, 4) is 0 Å². The molecule has 0 heterocycles. The molecule has 2 heteroatoms. The predicted octanol–water partition coefficient (Wildman–Crippen LogP) is -1.27. The quantitative estimate of drug-likeness (QED) is 0.332. The molecule has 0 amide bonds. The Bertz CT molecular complexity index is 169. The Labute approximate surface area is 84.6 Å². The van der Waals surface area contributed by atoms with Gasteiger partial charge in [-0.1, -0.05) is 13.8 Å². The van der Waals surface area contributed by atoms with Gasteiger partial charge in [0.25, 0.3) is 0 Å². The van der Waals surface area contributed by atoms with Gasteiger partial charge in [-0.05, 0) is 0 Å². The number of benzene rings is 1. The van der Waals surface area contributed by atoms with Gasteiger partial charge < -0.3 is 12.4 Å². The summed E-state index contributed by atoms with van der Waals surface area (Å²) in [6.07, 6.45) is 0. The van der Waals surface area contributed by atoms with Crippen molar-refractivity contribution < 1.29 is 12.4 Å². The van der Waals surface area contributed by atoms with Crippen molar-refractivity contribution >= 4 is 23.1 Å². The van der Waals surface area contributed by atoms with Gasteiger partial charge in [0.05, 0.1) is 0 Å². The van der Waals surface area contributed by atoms with E-state index in [1.54, 1.807) is 0 Å². The summed E-state index contributed by atoms with van der Waals surface area (Å²) in [6, 6.07) is 9.12. The van der Waals surface area contributed by atoms with Gasteiger partial charge >= 0.3 is 23.1 Å². The third kappa shape index (κ3) is 4.15. The van der Waals surface area contributed by atoms with Gasteiger partial charge in [0.1, 0.15) is 0 Å². The Balaban J connectivity index is 0. The number of rotatable bonds is 0.